The standard InChI is InChI=1S/C37H45N7O2/c1-6-34(45)44-16-15-43(21-30(44)20-38-4)36-31-13-14-42(33-12-8-11-26-10-7-9-24(2)35(26)33)22-32(31)39-37(40-36)46-23-25(3)41(5)29-18-27-17-28(27)19-29/h6-12,25,27-30H,1,13-23H2,2-3,5H3/t25-,27?,28?,29?,30-/m0/s1. The van der Waals surface area contributed by atoms with Gasteiger partial charge in [-0.25, -0.2) is 6.57 Å². The molecule has 240 valence electrons. The summed E-state index contributed by atoms with van der Waals surface area (Å²) in [5.74, 6) is 2.64. The summed E-state index contributed by atoms with van der Waals surface area (Å²) in [6.45, 7) is 19.6. The molecule has 3 fully saturated rings. The number of piperazine rings is 1. The predicted octanol–water partition coefficient (Wildman–Crippen LogP) is 5.12. The number of likely N-dealkylation sites (N-methyl/N-ethyl adjacent to an activating group) is 1. The predicted molar refractivity (Wildman–Crippen MR) is 182 cm³/mol. The van der Waals surface area contributed by atoms with Crippen LogP contribution in [0.3, 0.4) is 0 Å². The summed E-state index contributed by atoms with van der Waals surface area (Å²) < 4.78 is 6.43. The van der Waals surface area contributed by atoms with E-state index in [1.165, 1.54) is 47.4 Å². The molecule has 0 N–H and O–H groups in total. The second-order valence-electron chi connectivity index (χ2n) is 13.8. The SMILES string of the molecule is [C-]#[N+]C[C@H]1CN(c2nc(OC[C@H](C)N(C)C3CC4CC4C3)nc3c2CCN(c2cccc4cccc(C)c24)C3)CCN1C(=O)C=C. The minimum absolute atomic E-state index is 0.124. The molecule has 2 saturated carbocycles. The van der Waals surface area contributed by atoms with Gasteiger partial charge in [-0.3, -0.25) is 9.69 Å². The van der Waals surface area contributed by atoms with E-state index >= 15 is 0 Å². The second kappa shape index (κ2) is 12.6. The monoisotopic (exact) mass is 619 g/mol. The number of fused-ring (bicyclic) bond motifs is 3. The van der Waals surface area contributed by atoms with E-state index in [0.717, 1.165) is 41.9 Å². The van der Waals surface area contributed by atoms with Crippen molar-refractivity contribution in [3.8, 4) is 6.01 Å². The van der Waals surface area contributed by atoms with Gasteiger partial charge < -0.3 is 24.3 Å². The van der Waals surface area contributed by atoms with Gasteiger partial charge in [0.2, 0.25) is 12.5 Å². The number of benzene rings is 2. The molecule has 4 aliphatic rings. The number of aromatic nitrogens is 2. The van der Waals surface area contributed by atoms with Crippen LogP contribution in [-0.2, 0) is 17.8 Å². The number of aryl methyl sites for hydroxylation is 1. The van der Waals surface area contributed by atoms with E-state index in [2.05, 4.69) is 83.4 Å². The van der Waals surface area contributed by atoms with Gasteiger partial charge in [0.25, 0.3) is 0 Å². The third-order valence-electron chi connectivity index (χ3n) is 10.9. The van der Waals surface area contributed by atoms with Crippen LogP contribution in [0.25, 0.3) is 15.6 Å². The summed E-state index contributed by atoms with van der Waals surface area (Å²) in [5.41, 5.74) is 4.62. The van der Waals surface area contributed by atoms with E-state index in [9.17, 15) is 4.79 Å². The Morgan fingerprint density at radius 1 is 1.13 bits per heavy atom. The fourth-order valence-electron chi connectivity index (χ4n) is 8.09. The summed E-state index contributed by atoms with van der Waals surface area (Å²) in [6.07, 6.45) is 6.18. The zero-order valence-corrected chi connectivity index (χ0v) is 27.4. The minimum Gasteiger partial charge on any atom is -0.462 e. The summed E-state index contributed by atoms with van der Waals surface area (Å²) >= 11 is 0. The van der Waals surface area contributed by atoms with Crippen molar-refractivity contribution in [1.82, 2.24) is 19.8 Å². The summed E-state index contributed by atoms with van der Waals surface area (Å²) in [6, 6.07) is 14.1. The maximum atomic E-state index is 12.6. The molecule has 3 heterocycles. The van der Waals surface area contributed by atoms with Crippen LogP contribution in [-0.4, -0.2) is 90.2 Å². The van der Waals surface area contributed by atoms with Crippen LogP contribution >= 0.6 is 0 Å². The smallest absolute Gasteiger partial charge is 0.318 e. The highest BCUT2D eigenvalue weighted by Crippen LogP contribution is 2.53. The first kappa shape index (κ1) is 30.5. The lowest BCUT2D eigenvalue weighted by atomic mass is 9.99. The van der Waals surface area contributed by atoms with Gasteiger partial charge >= 0.3 is 6.01 Å². The molecular weight excluding hydrogens is 574 g/mol. The van der Waals surface area contributed by atoms with Gasteiger partial charge in [-0.05, 0) is 81.5 Å². The molecule has 46 heavy (non-hydrogen) atoms. The first-order chi connectivity index (χ1) is 22.3. The third kappa shape index (κ3) is 5.79. The Hall–Kier alpha value is -4.16. The maximum absolute atomic E-state index is 12.6. The van der Waals surface area contributed by atoms with Gasteiger partial charge in [0.15, 0.2) is 0 Å². The first-order valence-electron chi connectivity index (χ1n) is 16.8. The van der Waals surface area contributed by atoms with Gasteiger partial charge in [0.1, 0.15) is 18.5 Å². The number of hydrogen-bond donors (Lipinski definition) is 0. The van der Waals surface area contributed by atoms with Crippen LogP contribution in [0, 0.1) is 25.3 Å². The first-order valence-corrected chi connectivity index (χ1v) is 16.8. The minimum atomic E-state index is -0.225. The summed E-state index contributed by atoms with van der Waals surface area (Å²) in [4.78, 5) is 35.3. The maximum Gasteiger partial charge on any atom is 0.318 e. The van der Waals surface area contributed by atoms with E-state index in [1.54, 1.807) is 4.90 Å². The third-order valence-corrected chi connectivity index (χ3v) is 10.9. The van der Waals surface area contributed by atoms with Crippen molar-refractivity contribution in [2.75, 3.05) is 56.2 Å². The fraction of sp³-hybridized carbons (Fsp3) is 0.514. The van der Waals surface area contributed by atoms with E-state index in [4.69, 9.17) is 21.3 Å². The summed E-state index contributed by atoms with van der Waals surface area (Å²) in [5, 5.41) is 2.52. The quantitative estimate of drug-likeness (QED) is 0.243. The molecular formula is C37H45N7O2. The molecule has 0 bridgehead atoms. The van der Waals surface area contributed by atoms with Crippen LogP contribution in [0.4, 0.5) is 11.5 Å². The number of nitrogens with zero attached hydrogens (tertiary/aromatic N) is 7. The molecule has 2 unspecified atom stereocenters. The number of hydrogen-bond acceptors (Lipinski definition) is 7. The summed E-state index contributed by atoms with van der Waals surface area (Å²) in [7, 11) is 2.23. The second-order valence-corrected chi connectivity index (χ2v) is 13.8. The highest BCUT2D eigenvalue weighted by Gasteiger charge is 2.47. The van der Waals surface area contributed by atoms with Gasteiger partial charge in [-0.15, -0.1) is 0 Å². The fourth-order valence-corrected chi connectivity index (χ4v) is 8.09. The Balaban J connectivity index is 1.18. The van der Waals surface area contributed by atoms with E-state index in [-0.39, 0.29) is 24.5 Å². The van der Waals surface area contributed by atoms with Crippen LogP contribution in [0.5, 0.6) is 6.01 Å². The lowest BCUT2D eigenvalue weighted by Gasteiger charge is -2.41. The Labute approximate surface area is 272 Å². The van der Waals surface area contributed by atoms with Crippen molar-refractivity contribution in [3.05, 3.63) is 77.3 Å². The zero-order valence-electron chi connectivity index (χ0n) is 27.4. The molecule has 1 aromatic heterocycles. The molecule has 1 saturated heterocycles. The Bertz CT molecular complexity index is 1670. The lowest BCUT2D eigenvalue weighted by molar-refractivity contribution is -0.128. The number of rotatable bonds is 9. The van der Waals surface area contributed by atoms with Crippen molar-refractivity contribution < 1.29 is 9.53 Å². The Morgan fingerprint density at radius 2 is 1.91 bits per heavy atom. The normalized spacial score (nSPS) is 24.4. The van der Waals surface area contributed by atoms with Crippen molar-refractivity contribution in [2.24, 2.45) is 11.8 Å². The highest BCUT2D eigenvalue weighted by molar-refractivity contribution is 5.97. The molecule has 0 radical (unpaired) electrons. The molecule has 2 aromatic carbocycles. The average molecular weight is 620 g/mol. The van der Waals surface area contributed by atoms with Crippen LogP contribution in [0.1, 0.15) is 43.0 Å². The Kier molecular flexibility index (Phi) is 8.33. The van der Waals surface area contributed by atoms with E-state index < -0.39 is 0 Å². The molecule has 7 rings (SSSR count). The van der Waals surface area contributed by atoms with Gasteiger partial charge in [-0.1, -0.05) is 36.9 Å². The van der Waals surface area contributed by atoms with Crippen LogP contribution in [0.2, 0.25) is 0 Å². The largest absolute Gasteiger partial charge is 0.462 e. The average Bonchev–Trinajstić information content (AvgIpc) is 3.69. The van der Waals surface area contributed by atoms with Crippen molar-refractivity contribution in [2.45, 2.75) is 64.2 Å². The number of carbonyl (C=O) groups is 1. The molecule has 9 nitrogen and oxygen atoms in total. The van der Waals surface area contributed by atoms with Crippen molar-refractivity contribution >= 4 is 28.2 Å². The van der Waals surface area contributed by atoms with E-state index in [0.29, 0.717) is 44.8 Å². The highest BCUT2D eigenvalue weighted by atomic mass is 16.5. The number of amides is 1. The lowest BCUT2D eigenvalue weighted by Crippen LogP contribution is -2.56. The van der Waals surface area contributed by atoms with Crippen molar-refractivity contribution in [1.29, 1.82) is 0 Å². The molecule has 4 atom stereocenters. The van der Waals surface area contributed by atoms with Gasteiger partial charge in [-0.2, -0.15) is 9.97 Å². The van der Waals surface area contributed by atoms with Gasteiger partial charge in [0.05, 0.1) is 12.2 Å². The molecule has 1 amide bonds. The molecule has 3 aromatic rings. The molecule has 9 heteroatoms. The topological polar surface area (TPSA) is 69.4 Å². The van der Waals surface area contributed by atoms with Crippen molar-refractivity contribution in [3.63, 3.8) is 0 Å². The zero-order chi connectivity index (χ0) is 31.9. The molecule has 2 aliphatic carbocycles. The van der Waals surface area contributed by atoms with Crippen LogP contribution in [0.15, 0.2) is 49.1 Å². The van der Waals surface area contributed by atoms with E-state index in [1.807, 2.05) is 0 Å². The number of ether oxygens (including phenoxy) is 1. The molecule has 2 aliphatic heterocycles. The molecule has 0 spiro atoms. The van der Waals surface area contributed by atoms with Crippen LogP contribution < -0.4 is 14.5 Å². The Morgan fingerprint density at radius 3 is 2.67 bits per heavy atom. The number of anilines is 2. The number of carbonyl (C=O) groups excluding carboxylic acids is 1. The van der Waals surface area contributed by atoms with Gasteiger partial charge in [0, 0.05) is 54.9 Å².